The van der Waals surface area contributed by atoms with Gasteiger partial charge >= 0.3 is 0 Å². The van der Waals surface area contributed by atoms with Crippen LogP contribution in [0.25, 0.3) is 11.3 Å². The lowest BCUT2D eigenvalue weighted by Crippen LogP contribution is -2.13. The minimum Gasteiger partial charge on any atom is -0.444 e. The number of rotatable bonds is 3. The van der Waals surface area contributed by atoms with Crippen molar-refractivity contribution >= 4 is 11.6 Å². The number of anilines is 1. The second-order valence-electron chi connectivity index (χ2n) is 4.52. The van der Waals surface area contributed by atoms with E-state index in [1.54, 1.807) is 30.5 Å². The number of aromatic nitrogens is 1. The monoisotopic (exact) mass is 300 g/mol. The van der Waals surface area contributed by atoms with Crippen LogP contribution in [0.5, 0.6) is 0 Å². The Kier molecular flexibility index (Phi) is 3.65. The number of halogens is 2. The first-order valence-electron chi connectivity index (χ1n) is 6.39. The minimum atomic E-state index is -0.913. The predicted octanol–water partition coefficient (Wildman–Crippen LogP) is 3.87. The highest BCUT2D eigenvalue weighted by atomic mass is 19.1. The fraction of sp³-hybridized carbons (Fsp3) is 0. The molecule has 1 amide bonds. The van der Waals surface area contributed by atoms with Crippen molar-refractivity contribution in [3.8, 4) is 11.3 Å². The van der Waals surface area contributed by atoms with E-state index in [4.69, 9.17) is 4.42 Å². The summed E-state index contributed by atoms with van der Waals surface area (Å²) in [5.74, 6) is -1.76. The molecule has 0 saturated heterocycles. The molecule has 1 heterocycles. The summed E-state index contributed by atoms with van der Waals surface area (Å²) in [4.78, 5) is 15.9. The third-order valence-corrected chi connectivity index (χ3v) is 3.01. The van der Waals surface area contributed by atoms with Crippen LogP contribution in [-0.4, -0.2) is 10.9 Å². The lowest BCUT2D eigenvalue weighted by atomic mass is 10.1. The lowest BCUT2D eigenvalue weighted by molar-refractivity contribution is 0.102. The van der Waals surface area contributed by atoms with Crippen LogP contribution in [0.1, 0.15) is 10.4 Å². The van der Waals surface area contributed by atoms with E-state index in [1.165, 1.54) is 6.39 Å². The Morgan fingerprint density at radius 3 is 2.73 bits per heavy atom. The van der Waals surface area contributed by atoms with Crippen molar-refractivity contribution in [2.75, 3.05) is 5.32 Å². The van der Waals surface area contributed by atoms with E-state index >= 15 is 0 Å². The Morgan fingerprint density at radius 2 is 2.00 bits per heavy atom. The van der Waals surface area contributed by atoms with E-state index < -0.39 is 17.5 Å². The molecule has 0 atom stereocenters. The van der Waals surface area contributed by atoms with Crippen LogP contribution in [0.4, 0.5) is 14.5 Å². The van der Waals surface area contributed by atoms with Crippen molar-refractivity contribution in [2.24, 2.45) is 0 Å². The summed E-state index contributed by atoms with van der Waals surface area (Å²) in [6, 6.07) is 9.62. The molecule has 0 fully saturated rings. The van der Waals surface area contributed by atoms with Gasteiger partial charge in [-0.1, -0.05) is 12.1 Å². The molecule has 2 aromatic carbocycles. The molecule has 0 aliphatic carbocycles. The average molecular weight is 300 g/mol. The van der Waals surface area contributed by atoms with E-state index in [-0.39, 0.29) is 5.56 Å². The zero-order valence-corrected chi connectivity index (χ0v) is 11.2. The van der Waals surface area contributed by atoms with Crippen molar-refractivity contribution in [1.29, 1.82) is 0 Å². The Labute approximate surface area is 124 Å². The van der Waals surface area contributed by atoms with E-state index in [2.05, 4.69) is 10.3 Å². The summed E-state index contributed by atoms with van der Waals surface area (Å²) in [7, 11) is 0. The summed E-state index contributed by atoms with van der Waals surface area (Å²) in [5, 5.41) is 2.56. The molecule has 110 valence electrons. The van der Waals surface area contributed by atoms with E-state index in [0.29, 0.717) is 17.5 Å². The quantitative estimate of drug-likeness (QED) is 0.798. The summed E-state index contributed by atoms with van der Waals surface area (Å²) in [6.07, 6.45) is 2.84. The normalized spacial score (nSPS) is 10.5. The molecule has 1 aromatic heterocycles. The highest BCUT2D eigenvalue weighted by molar-refractivity contribution is 6.04. The molecule has 3 aromatic rings. The molecule has 6 heteroatoms. The van der Waals surface area contributed by atoms with Gasteiger partial charge in [-0.3, -0.25) is 4.79 Å². The maximum absolute atomic E-state index is 13.6. The number of hydrogen-bond donors (Lipinski definition) is 1. The second kappa shape index (κ2) is 5.77. The SMILES string of the molecule is O=C(Nc1cccc(-c2cnco2)c1)c1ccc(F)cc1F. The zero-order valence-electron chi connectivity index (χ0n) is 11.2. The molecule has 3 rings (SSSR count). The first kappa shape index (κ1) is 13.9. The largest absolute Gasteiger partial charge is 0.444 e. The smallest absolute Gasteiger partial charge is 0.258 e. The van der Waals surface area contributed by atoms with Crippen molar-refractivity contribution in [1.82, 2.24) is 4.98 Å². The molecular weight excluding hydrogens is 290 g/mol. The molecule has 0 unspecified atom stereocenters. The fourth-order valence-electron chi connectivity index (χ4n) is 1.98. The predicted molar refractivity (Wildman–Crippen MR) is 76.3 cm³/mol. The number of oxazole rings is 1. The number of nitrogens with one attached hydrogen (secondary N) is 1. The van der Waals surface area contributed by atoms with Gasteiger partial charge in [-0.25, -0.2) is 13.8 Å². The summed E-state index contributed by atoms with van der Waals surface area (Å²) in [5.41, 5.74) is 0.948. The van der Waals surface area contributed by atoms with E-state index in [0.717, 1.165) is 17.7 Å². The topological polar surface area (TPSA) is 55.1 Å². The first-order chi connectivity index (χ1) is 10.6. The van der Waals surface area contributed by atoms with Crippen LogP contribution in [-0.2, 0) is 0 Å². The van der Waals surface area contributed by atoms with Crippen LogP contribution < -0.4 is 5.32 Å². The third-order valence-electron chi connectivity index (χ3n) is 3.01. The third kappa shape index (κ3) is 2.85. The molecule has 0 bridgehead atoms. The standard InChI is InChI=1S/C16H10F2N2O2/c17-11-4-5-13(14(18)7-11)16(21)20-12-3-1-2-10(6-12)15-8-19-9-22-15/h1-9H,(H,20,21). The Hall–Kier alpha value is -3.02. The molecule has 0 spiro atoms. The van der Waals surface area contributed by atoms with E-state index in [1.807, 2.05) is 0 Å². The van der Waals surface area contributed by atoms with Crippen LogP contribution in [0.3, 0.4) is 0 Å². The van der Waals surface area contributed by atoms with Crippen molar-refractivity contribution in [2.45, 2.75) is 0 Å². The Morgan fingerprint density at radius 1 is 1.14 bits per heavy atom. The van der Waals surface area contributed by atoms with Crippen molar-refractivity contribution < 1.29 is 18.0 Å². The number of amides is 1. The summed E-state index contributed by atoms with van der Waals surface area (Å²) < 4.78 is 31.6. The number of nitrogens with zero attached hydrogens (tertiary/aromatic N) is 1. The van der Waals surface area contributed by atoms with Gasteiger partial charge in [-0.2, -0.15) is 0 Å². The molecule has 1 N–H and O–H groups in total. The van der Waals surface area contributed by atoms with Gasteiger partial charge in [0.15, 0.2) is 12.2 Å². The lowest BCUT2D eigenvalue weighted by Gasteiger charge is -2.07. The highest BCUT2D eigenvalue weighted by Gasteiger charge is 2.13. The first-order valence-corrected chi connectivity index (χ1v) is 6.39. The van der Waals surface area contributed by atoms with Crippen LogP contribution in [0, 0.1) is 11.6 Å². The Balaban J connectivity index is 1.84. The van der Waals surface area contributed by atoms with Crippen molar-refractivity contribution in [3.05, 3.63) is 72.3 Å². The highest BCUT2D eigenvalue weighted by Crippen LogP contribution is 2.22. The summed E-state index contributed by atoms with van der Waals surface area (Å²) >= 11 is 0. The number of carbonyl (C=O) groups excluding carboxylic acids is 1. The summed E-state index contributed by atoms with van der Waals surface area (Å²) in [6.45, 7) is 0. The molecular formula is C16H10F2N2O2. The van der Waals surface area contributed by atoms with Gasteiger partial charge in [0.2, 0.25) is 0 Å². The molecule has 0 aliphatic heterocycles. The van der Waals surface area contributed by atoms with Gasteiger partial charge in [0.25, 0.3) is 5.91 Å². The Bertz CT molecular complexity index is 817. The van der Waals surface area contributed by atoms with Gasteiger partial charge < -0.3 is 9.73 Å². The van der Waals surface area contributed by atoms with E-state index in [9.17, 15) is 13.6 Å². The molecule has 22 heavy (non-hydrogen) atoms. The van der Waals surface area contributed by atoms with Crippen LogP contribution in [0.15, 0.2) is 59.5 Å². The van der Waals surface area contributed by atoms with Gasteiger partial charge in [0.05, 0.1) is 11.8 Å². The maximum atomic E-state index is 13.6. The number of hydrogen-bond acceptors (Lipinski definition) is 3. The van der Waals surface area contributed by atoms with Gasteiger partial charge in [0.1, 0.15) is 11.6 Å². The fourth-order valence-corrected chi connectivity index (χ4v) is 1.98. The molecule has 0 saturated carbocycles. The zero-order chi connectivity index (χ0) is 15.5. The number of benzene rings is 2. The average Bonchev–Trinajstić information content (AvgIpc) is 3.01. The van der Waals surface area contributed by atoms with Gasteiger partial charge in [0, 0.05) is 17.3 Å². The molecule has 0 radical (unpaired) electrons. The van der Waals surface area contributed by atoms with Crippen LogP contribution >= 0.6 is 0 Å². The van der Waals surface area contributed by atoms with Crippen molar-refractivity contribution in [3.63, 3.8) is 0 Å². The molecule has 0 aliphatic rings. The number of carbonyl (C=O) groups is 1. The molecule has 4 nitrogen and oxygen atoms in total. The maximum Gasteiger partial charge on any atom is 0.258 e. The van der Waals surface area contributed by atoms with Gasteiger partial charge in [-0.05, 0) is 24.3 Å². The minimum absolute atomic E-state index is 0.230. The van der Waals surface area contributed by atoms with Gasteiger partial charge in [-0.15, -0.1) is 0 Å². The van der Waals surface area contributed by atoms with Crippen LogP contribution in [0.2, 0.25) is 0 Å². The second-order valence-corrected chi connectivity index (χ2v) is 4.52.